The Labute approximate surface area is 247 Å². The molecule has 1 aromatic heterocycles. The van der Waals surface area contributed by atoms with Crippen LogP contribution in [0.25, 0.3) is 16.6 Å². The molecule has 3 atom stereocenters. The average molecular weight is 576 g/mol. The molecule has 206 valence electrons. The number of aromatic nitrogens is 2. The van der Waals surface area contributed by atoms with Gasteiger partial charge in [0.2, 0.25) is 0 Å². The van der Waals surface area contributed by atoms with E-state index in [9.17, 15) is 0 Å². The standard InChI is InChI=1S/C33H35BN4OP2/c1-22-12-13-25(19-35-22)24-14-15-29-30(17-24)38(20-26-8-3-4-11-31(26)39-33(34)40)32(36-29)21-41-28-10-5-9-27(18-28)37-16-6-7-23(37)2/h3-5,8-15,17-19,33,35,41H,1-2,6-7,16,20-21,34,40H2. The zero-order chi connectivity index (χ0) is 28.3. The van der Waals surface area contributed by atoms with E-state index in [1.165, 1.54) is 23.1 Å². The quantitative estimate of drug-likeness (QED) is 0.200. The summed E-state index contributed by atoms with van der Waals surface area (Å²) in [5, 5.41) is 4.58. The van der Waals surface area contributed by atoms with Crippen molar-refractivity contribution in [2.75, 3.05) is 11.4 Å². The van der Waals surface area contributed by atoms with Crippen molar-refractivity contribution in [2.24, 2.45) is 0 Å². The smallest absolute Gasteiger partial charge is 0.159 e. The molecule has 0 bridgehead atoms. The van der Waals surface area contributed by atoms with Gasteiger partial charge in [0.15, 0.2) is 7.85 Å². The number of nitrogens with zero attached hydrogens (tertiary/aromatic N) is 3. The van der Waals surface area contributed by atoms with Crippen LogP contribution in [0.15, 0.2) is 110 Å². The Kier molecular flexibility index (Phi) is 8.14. The van der Waals surface area contributed by atoms with Gasteiger partial charge in [0.05, 0.1) is 23.3 Å². The molecule has 6 rings (SSSR count). The lowest BCUT2D eigenvalue weighted by Crippen LogP contribution is -2.16. The highest BCUT2D eigenvalue weighted by Gasteiger charge is 2.18. The molecule has 0 aliphatic carbocycles. The van der Waals surface area contributed by atoms with Gasteiger partial charge in [-0.1, -0.05) is 64.2 Å². The summed E-state index contributed by atoms with van der Waals surface area (Å²) in [7, 11) is 5.37. The third-order valence-corrected chi connectivity index (χ3v) is 8.84. The lowest BCUT2D eigenvalue weighted by Gasteiger charge is -2.20. The second-order valence-electron chi connectivity index (χ2n) is 10.6. The van der Waals surface area contributed by atoms with Crippen molar-refractivity contribution in [3.8, 4) is 5.75 Å². The van der Waals surface area contributed by atoms with Crippen molar-refractivity contribution in [2.45, 2.75) is 31.3 Å². The Bertz CT molecular complexity index is 1690. The van der Waals surface area contributed by atoms with E-state index >= 15 is 0 Å². The molecule has 1 saturated heterocycles. The Morgan fingerprint density at radius 1 is 1.07 bits per heavy atom. The number of anilines is 1. The van der Waals surface area contributed by atoms with E-state index in [1.54, 1.807) is 0 Å². The minimum Gasteiger partial charge on any atom is -0.496 e. The van der Waals surface area contributed by atoms with Gasteiger partial charge in [0, 0.05) is 41.6 Å². The van der Waals surface area contributed by atoms with Crippen LogP contribution in [-0.2, 0) is 12.7 Å². The summed E-state index contributed by atoms with van der Waals surface area (Å²) in [6.07, 6.45) is 9.24. The van der Waals surface area contributed by atoms with Gasteiger partial charge >= 0.3 is 0 Å². The van der Waals surface area contributed by atoms with Crippen LogP contribution in [0.3, 0.4) is 0 Å². The van der Waals surface area contributed by atoms with Crippen LogP contribution in [0, 0.1) is 0 Å². The van der Waals surface area contributed by atoms with Gasteiger partial charge in [-0.2, -0.15) is 0 Å². The molecule has 3 unspecified atom stereocenters. The highest BCUT2D eigenvalue weighted by atomic mass is 31.1. The monoisotopic (exact) mass is 576 g/mol. The van der Waals surface area contributed by atoms with Crippen molar-refractivity contribution in [1.82, 2.24) is 14.9 Å². The van der Waals surface area contributed by atoms with Gasteiger partial charge in [-0.15, -0.1) is 9.24 Å². The number of rotatable bonds is 9. The molecule has 0 amide bonds. The van der Waals surface area contributed by atoms with E-state index in [2.05, 4.69) is 104 Å². The molecular formula is C33H35BN4OP2. The Morgan fingerprint density at radius 2 is 1.95 bits per heavy atom. The maximum absolute atomic E-state index is 6.16. The van der Waals surface area contributed by atoms with Crippen molar-refractivity contribution < 1.29 is 4.74 Å². The van der Waals surface area contributed by atoms with Gasteiger partial charge in [-0.3, -0.25) is 0 Å². The fourth-order valence-corrected chi connectivity index (χ4v) is 6.67. The van der Waals surface area contributed by atoms with Crippen LogP contribution in [0.2, 0.25) is 0 Å². The van der Waals surface area contributed by atoms with E-state index in [0.29, 0.717) is 15.1 Å². The summed E-state index contributed by atoms with van der Waals surface area (Å²) in [5.74, 6) is 2.01. The molecule has 2 aliphatic rings. The summed E-state index contributed by atoms with van der Waals surface area (Å²) in [6, 6.07) is 23.8. The second-order valence-corrected chi connectivity index (χ2v) is 12.8. The Morgan fingerprint density at radius 3 is 2.73 bits per heavy atom. The molecule has 2 aliphatic heterocycles. The first-order valence-corrected chi connectivity index (χ1v) is 15.9. The largest absolute Gasteiger partial charge is 0.496 e. The Balaban J connectivity index is 1.35. The highest BCUT2D eigenvalue weighted by Crippen LogP contribution is 2.31. The van der Waals surface area contributed by atoms with E-state index in [-0.39, 0.29) is 5.74 Å². The summed E-state index contributed by atoms with van der Waals surface area (Å²) in [6.45, 7) is 9.99. The Hall–Kier alpha value is -3.59. The average Bonchev–Trinajstić information content (AvgIpc) is 3.56. The topological polar surface area (TPSA) is 42.3 Å². The maximum Gasteiger partial charge on any atom is 0.159 e. The molecule has 3 heterocycles. The predicted octanol–water partition coefficient (Wildman–Crippen LogP) is 5.89. The second kappa shape index (κ2) is 12.1. The fraction of sp³-hybridized carbons (Fsp3) is 0.182. The third-order valence-electron chi connectivity index (χ3n) is 7.49. The molecule has 0 radical (unpaired) electrons. The zero-order valence-corrected chi connectivity index (χ0v) is 25.6. The van der Waals surface area contributed by atoms with Gasteiger partial charge in [-0.05, 0) is 65.7 Å². The minimum absolute atomic E-state index is 0.0227. The van der Waals surface area contributed by atoms with Crippen LogP contribution in [0.1, 0.15) is 29.8 Å². The van der Waals surface area contributed by atoms with Gasteiger partial charge < -0.3 is 19.5 Å². The number of benzene rings is 3. The molecule has 4 aromatic rings. The van der Waals surface area contributed by atoms with E-state index < -0.39 is 0 Å². The molecule has 41 heavy (non-hydrogen) atoms. The van der Waals surface area contributed by atoms with Crippen LogP contribution >= 0.6 is 17.8 Å². The number of hydrogen-bond acceptors (Lipinski definition) is 4. The van der Waals surface area contributed by atoms with E-state index in [1.807, 2.05) is 26.2 Å². The first kappa shape index (κ1) is 27.6. The van der Waals surface area contributed by atoms with Crippen LogP contribution < -0.4 is 20.3 Å². The van der Waals surface area contributed by atoms with Crippen LogP contribution in [0.5, 0.6) is 5.75 Å². The number of nitrogens with one attached hydrogen (secondary N) is 1. The number of fused-ring (bicyclic) bond motifs is 1. The number of para-hydroxylation sites is 1. The minimum atomic E-state index is 0.0227. The number of dihydropyridines is 1. The van der Waals surface area contributed by atoms with Gasteiger partial charge in [0.25, 0.3) is 0 Å². The summed E-state index contributed by atoms with van der Waals surface area (Å²) in [4.78, 5) is 7.51. The predicted molar refractivity (Wildman–Crippen MR) is 181 cm³/mol. The number of imidazole rings is 1. The van der Waals surface area contributed by atoms with Gasteiger partial charge in [0.1, 0.15) is 11.6 Å². The molecule has 0 spiro atoms. The number of ether oxygens (including phenoxy) is 1. The lowest BCUT2D eigenvalue weighted by molar-refractivity contribution is 0.354. The highest BCUT2D eigenvalue weighted by molar-refractivity contribution is 7.46. The van der Waals surface area contributed by atoms with E-state index in [0.717, 1.165) is 64.1 Å². The number of allylic oxidation sites excluding steroid dienone is 4. The number of hydrogen-bond donors (Lipinski definition) is 1. The lowest BCUT2D eigenvalue weighted by atomic mass is 10.0. The summed E-state index contributed by atoms with van der Waals surface area (Å²) in [5.41, 5.74) is 8.89. The van der Waals surface area contributed by atoms with Crippen LogP contribution in [-0.4, -0.2) is 29.7 Å². The molecule has 3 aromatic carbocycles. The maximum atomic E-state index is 6.16. The SMILES string of the molecule is BC(P)Oc1ccccc1Cn1c(CPc2cccc(N3CCCC3=C)c2)nc2ccc(C3=CNC(=C)C=C3)cc21. The van der Waals surface area contributed by atoms with Crippen molar-refractivity contribution >= 4 is 53.3 Å². The third kappa shape index (κ3) is 6.20. The zero-order valence-electron chi connectivity index (χ0n) is 23.4. The van der Waals surface area contributed by atoms with E-state index in [4.69, 9.17) is 9.72 Å². The molecule has 1 fully saturated rings. The van der Waals surface area contributed by atoms with Crippen LogP contribution in [0.4, 0.5) is 5.69 Å². The molecule has 0 saturated carbocycles. The first-order valence-electron chi connectivity index (χ1n) is 14.1. The first-order chi connectivity index (χ1) is 19.9. The van der Waals surface area contributed by atoms with Crippen molar-refractivity contribution in [1.29, 1.82) is 0 Å². The summed E-state index contributed by atoms with van der Waals surface area (Å²) < 4.78 is 8.53. The van der Waals surface area contributed by atoms with Crippen molar-refractivity contribution in [3.63, 3.8) is 0 Å². The molecule has 1 N–H and O–H groups in total. The molecule has 5 nitrogen and oxygen atoms in total. The van der Waals surface area contributed by atoms with Gasteiger partial charge in [-0.25, -0.2) is 4.98 Å². The molecular weight excluding hydrogens is 541 g/mol. The summed E-state index contributed by atoms with van der Waals surface area (Å²) >= 11 is 0. The van der Waals surface area contributed by atoms with Crippen molar-refractivity contribution in [3.05, 3.63) is 127 Å². The normalized spacial score (nSPS) is 16.0. The fourth-order valence-electron chi connectivity index (χ4n) is 5.43. The molecule has 8 heteroatoms.